The number of Topliss-reactive ketones (excluding diaryl/α,β-unsaturated/α-hetero) is 1. The molecule has 11 heavy (non-hydrogen) atoms. The van der Waals surface area contributed by atoms with Crippen molar-refractivity contribution in [1.29, 1.82) is 0 Å². The SMILES string of the molecule is CC(=O)CC(=O)N1CCCN1. The molecule has 1 heterocycles. The zero-order valence-corrected chi connectivity index (χ0v) is 6.59. The van der Waals surface area contributed by atoms with Gasteiger partial charge in [0.05, 0.1) is 6.42 Å². The van der Waals surface area contributed by atoms with E-state index in [0.29, 0.717) is 0 Å². The van der Waals surface area contributed by atoms with Gasteiger partial charge in [-0.2, -0.15) is 0 Å². The standard InChI is InChI=1S/C7H12N2O2/c1-6(10)5-7(11)9-4-2-3-8-9/h8H,2-5H2,1H3. The van der Waals surface area contributed by atoms with Crippen LogP contribution in [0.2, 0.25) is 0 Å². The molecule has 0 bridgehead atoms. The Kier molecular flexibility index (Phi) is 2.59. The van der Waals surface area contributed by atoms with E-state index in [9.17, 15) is 9.59 Å². The predicted molar refractivity (Wildman–Crippen MR) is 39.6 cm³/mol. The van der Waals surface area contributed by atoms with Crippen molar-refractivity contribution >= 4 is 11.7 Å². The van der Waals surface area contributed by atoms with E-state index in [1.54, 1.807) is 0 Å². The summed E-state index contributed by atoms with van der Waals surface area (Å²) in [4.78, 5) is 21.6. The van der Waals surface area contributed by atoms with Gasteiger partial charge in [-0.15, -0.1) is 0 Å². The zero-order chi connectivity index (χ0) is 8.27. The maximum atomic E-state index is 11.1. The number of nitrogens with zero attached hydrogens (tertiary/aromatic N) is 1. The first-order valence-electron chi connectivity index (χ1n) is 3.73. The minimum atomic E-state index is -0.116. The Morgan fingerprint density at radius 2 is 2.27 bits per heavy atom. The second kappa shape index (κ2) is 3.48. The molecule has 1 amide bonds. The molecule has 0 aromatic rings. The fourth-order valence-electron chi connectivity index (χ4n) is 1.05. The summed E-state index contributed by atoms with van der Waals surface area (Å²) in [5.41, 5.74) is 2.89. The lowest BCUT2D eigenvalue weighted by Crippen LogP contribution is -2.37. The molecule has 0 aliphatic carbocycles. The van der Waals surface area contributed by atoms with Crippen LogP contribution >= 0.6 is 0 Å². The van der Waals surface area contributed by atoms with Gasteiger partial charge in [0.1, 0.15) is 5.78 Å². The molecule has 0 aromatic carbocycles. The minimum absolute atomic E-state index is 0.0208. The number of hydrogen-bond acceptors (Lipinski definition) is 3. The number of hydrazine groups is 1. The molecular weight excluding hydrogens is 144 g/mol. The van der Waals surface area contributed by atoms with E-state index >= 15 is 0 Å². The smallest absolute Gasteiger partial charge is 0.244 e. The number of carbonyl (C=O) groups excluding carboxylic acids is 2. The van der Waals surface area contributed by atoms with Gasteiger partial charge >= 0.3 is 0 Å². The second-order valence-electron chi connectivity index (χ2n) is 2.69. The van der Waals surface area contributed by atoms with Gasteiger partial charge in [-0.05, 0) is 13.3 Å². The molecule has 4 nitrogen and oxygen atoms in total. The highest BCUT2D eigenvalue weighted by atomic mass is 16.2. The molecule has 62 valence electrons. The van der Waals surface area contributed by atoms with Crippen molar-refractivity contribution in [1.82, 2.24) is 10.4 Å². The highest BCUT2D eigenvalue weighted by molar-refractivity contribution is 5.96. The normalized spacial score (nSPS) is 17.0. The molecule has 0 radical (unpaired) electrons. The molecule has 0 spiro atoms. The van der Waals surface area contributed by atoms with Crippen LogP contribution in [0.3, 0.4) is 0 Å². The lowest BCUT2D eigenvalue weighted by atomic mass is 10.3. The van der Waals surface area contributed by atoms with Crippen molar-refractivity contribution in [3.63, 3.8) is 0 Å². The van der Waals surface area contributed by atoms with E-state index in [1.807, 2.05) is 0 Å². The van der Waals surface area contributed by atoms with E-state index in [2.05, 4.69) is 5.43 Å². The summed E-state index contributed by atoms with van der Waals surface area (Å²) in [6, 6.07) is 0. The molecule has 1 fully saturated rings. The van der Waals surface area contributed by atoms with E-state index in [1.165, 1.54) is 11.9 Å². The van der Waals surface area contributed by atoms with E-state index in [4.69, 9.17) is 0 Å². The van der Waals surface area contributed by atoms with Crippen LogP contribution in [0.5, 0.6) is 0 Å². The Hall–Kier alpha value is -0.900. The molecule has 0 atom stereocenters. The molecule has 1 rings (SSSR count). The van der Waals surface area contributed by atoms with E-state index in [0.717, 1.165) is 19.5 Å². The summed E-state index contributed by atoms with van der Waals surface area (Å²) >= 11 is 0. The van der Waals surface area contributed by atoms with Crippen LogP contribution in [0, 0.1) is 0 Å². The summed E-state index contributed by atoms with van der Waals surface area (Å²) in [5.74, 6) is -0.196. The van der Waals surface area contributed by atoms with Crippen molar-refractivity contribution in [2.24, 2.45) is 0 Å². The fraction of sp³-hybridized carbons (Fsp3) is 0.714. The third kappa shape index (κ3) is 2.31. The molecule has 1 aliphatic rings. The number of carbonyl (C=O) groups is 2. The third-order valence-corrected chi connectivity index (χ3v) is 1.56. The average Bonchev–Trinajstić information content (AvgIpc) is 2.35. The monoisotopic (exact) mass is 156 g/mol. The molecule has 0 unspecified atom stereocenters. The lowest BCUT2D eigenvalue weighted by Gasteiger charge is -2.13. The van der Waals surface area contributed by atoms with Gasteiger partial charge in [0.25, 0.3) is 0 Å². The van der Waals surface area contributed by atoms with Crippen molar-refractivity contribution in [3.05, 3.63) is 0 Å². The second-order valence-corrected chi connectivity index (χ2v) is 2.69. The summed E-state index contributed by atoms with van der Waals surface area (Å²) in [5, 5.41) is 1.52. The fourth-order valence-corrected chi connectivity index (χ4v) is 1.05. The maximum Gasteiger partial charge on any atom is 0.244 e. The number of hydrogen-bond donors (Lipinski definition) is 1. The van der Waals surface area contributed by atoms with Crippen molar-refractivity contribution in [2.45, 2.75) is 19.8 Å². The van der Waals surface area contributed by atoms with E-state index < -0.39 is 0 Å². The van der Waals surface area contributed by atoms with Gasteiger partial charge in [0.15, 0.2) is 0 Å². The number of ketones is 1. The molecule has 1 aliphatic heterocycles. The van der Waals surface area contributed by atoms with Crippen molar-refractivity contribution in [3.8, 4) is 0 Å². The highest BCUT2D eigenvalue weighted by Gasteiger charge is 2.17. The van der Waals surface area contributed by atoms with Gasteiger partial charge in [0, 0.05) is 13.1 Å². The summed E-state index contributed by atoms with van der Waals surface area (Å²) in [7, 11) is 0. The third-order valence-electron chi connectivity index (χ3n) is 1.56. The number of rotatable bonds is 2. The summed E-state index contributed by atoms with van der Waals surface area (Å²) < 4.78 is 0. The summed E-state index contributed by atoms with van der Waals surface area (Å²) in [6.45, 7) is 2.99. The minimum Gasteiger partial charge on any atom is -0.299 e. The summed E-state index contributed by atoms with van der Waals surface area (Å²) in [6.07, 6.45) is 0.997. The number of amides is 1. The first-order chi connectivity index (χ1) is 5.20. The zero-order valence-electron chi connectivity index (χ0n) is 6.59. The van der Waals surface area contributed by atoms with Crippen molar-refractivity contribution in [2.75, 3.05) is 13.1 Å². The number of nitrogens with one attached hydrogen (secondary N) is 1. The Labute approximate surface area is 65.5 Å². The first kappa shape index (κ1) is 8.20. The lowest BCUT2D eigenvalue weighted by molar-refractivity contribution is -0.136. The molecule has 0 aromatic heterocycles. The van der Waals surface area contributed by atoms with Gasteiger partial charge in [-0.3, -0.25) is 14.6 Å². The maximum absolute atomic E-state index is 11.1. The highest BCUT2D eigenvalue weighted by Crippen LogP contribution is 1.99. The Bertz CT molecular complexity index is 173. The average molecular weight is 156 g/mol. The Morgan fingerprint density at radius 1 is 1.55 bits per heavy atom. The van der Waals surface area contributed by atoms with Gasteiger partial charge < -0.3 is 0 Å². The van der Waals surface area contributed by atoms with Gasteiger partial charge in [-0.25, -0.2) is 5.43 Å². The quantitative estimate of drug-likeness (QED) is 0.558. The molecule has 4 heteroatoms. The topological polar surface area (TPSA) is 49.4 Å². The largest absolute Gasteiger partial charge is 0.299 e. The van der Waals surface area contributed by atoms with Crippen LogP contribution in [0.1, 0.15) is 19.8 Å². The van der Waals surface area contributed by atoms with Crippen LogP contribution in [-0.2, 0) is 9.59 Å². The van der Waals surface area contributed by atoms with Crippen LogP contribution in [-0.4, -0.2) is 29.8 Å². The molecule has 0 saturated carbocycles. The van der Waals surface area contributed by atoms with E-state index in [-0.39, 0.29) is 18.1 Å². The van der Waals surface area contributed by atoms with Crippen LogP contribution in [0.15, 0.2) is 0 Å². The van der Waals surface area contributed by atoms with Crippen LogP contribution < -0.4 is 5.43 Å². The van der Waals surface area contributed by atoms with Crippen molar-refractivity contribution < 1.29 is 9.59 Å². The molecule has 1 N–H and O–H groups in total. The first-order valence-corrected chi connectivity index (χ1v) is 3.73. The van der Waals surface area contributed by atoms with Gasteiger partial charge in [0.2, 0.25) is 5.91 Å². The Balaban J connectivity index is 2.34. The Morgan fingerprint density at radius 3 is 2.73 bits per heavy atom. The predicted octanol–water partition coefficient (Wildman–Crippen LogP) is -0.298. The molecule has 1 saturated heterocycles. The molecular formula is C7H12N2O2. The van der Waals surface area contributed by atoms with Crippen LogP contribution in [0.25, 0.3) is 0 Å². The van der Waals surface area contributed by atoms with Crippen LogP contribution in [0.4, 0.5) is 0 Å². The van der Waals surface area contributed by atoms with Gasteiger partial charge in [-0.1, -0.05) is 0 Å².